The molecule has 1 aromatic rings. The number of likely N-dealkylation sites (N-methyl/N-ethyl adjacent to an activating group) is 1. The number of aromatic nitrogens is 1. The van der Waals surface area contributed by atoms with Gasteiger partial charge in [0.15, 0.2) is 0 Å². The van der Waals surface area contributed by atoms with Gasteiger partial charge in [0.25, 0.3) is 0 Å². The van der Waals surface area contributed by atoms with Gasteiger partial charge in [-0.15, -0.1) is 0 Å². The van der Waals surface area contributed by atoms with E-state index in [1.54, 1.807) is 0 Å². The van der Waals surface area contributed by atoms with Crippen molar-refractivity contribution in [2.24, 2.45) is 0 Å². The van der Waals surface area contributed by atoms with Crippen molar-refractivity contribution in [3.8, 4) is 5.75 Å². The van der Waals surface area contributed by atoms with Crippen LogP contribution in [0.5, 0.6) is 5.75 Å². The molecule has 4 heteroatoms. The Balaban J connectivity index is 2.61. The molecule has 21 heavy (non-hydrogen) atoms. The summed E-state index contributed by atoms with van der Waals surface area (Å²) >= 11 is 0. The topological polar surface area (TPSA) is 37.4 Å². The molecule has 0 amide bonds. The number of nitrogens with one attached hydrogen (secondary N) is 1. The van der Waals surface area contributed by atoms with Crippen molar-refractivity contribution in [2.45, 2.75) is 52.1 Å². The minimum atomic E-state index is 0.00725. The van der Waals surface area contributed by atoms with Crippen molar-refractivity contribution >= 4 is 0 Å². The van der Waals surface area contributed by atoms with Crippen LogP contribution in [0, 0.1) is 0 Å². The van der Waals surface area contributed by atoms with Crippen LogP contribution in [0.2, 0.25) is 0 Å². The molecule has 1 unspecified atom stereocenters. The third kappa shape index (κ3) is 5.64. The lowest BCUT2D eigenvalue weighted by molar-refractivity contribution is 0.114. The van der Waals surface area contributed by atoms with Crippen molar-refractivity contribution in [2.75, 3.05) is 27.2 Å². The second kappa shape index (κ2) is 8.35. The number of nitrogens with zero attached hydrogens (tertiary/aromatic N) is 2. The zero-order valence-electron chi connectivity index (χ0n) is 14.4. The Morgan fingerprint density at radius 2 is 2.00 bits per heavy atom. The van der Waals surface area contributed by atoms with Crippen LogP contribution in [0.3, 0.4) is 0 Å². The summed E-state index contributed by atoms with van der Waals surface area (Å²) in [6, 6.07) is 4.41. The highest BCUT2D eigenvalue weighted by atomic mass is 16.5. The van der Waals surface area contributed by atoms with Crippen molar-refractivity contribution in [3.63, 3.8) is 0 Å². The molecule has 1 atom stereocenters. The van der Waals surface area contributed by atoms with Crippen LogP contribution >= 0.6 is 0 Å². The highest BCUT2D eigenvalue weighted by Crippen LogP contribution is 2.19. The molecule has 0 aliphatic heterocycles. The molecule has 0 aromatic carbocycles. The summed E-state index contributed by atoms with van der Waals surface area (Å²) in [5, 5.41) is 3.52. The van der Waals surface area contributed by atoms with E-state index in [2.05, 4.69) is 63.1 Å². The average Bonchev–Trinajstić information content (AvgIpc) is 2.47. The van der Waals surface area contributed by atoms with Crippen LogP contribution in [0.15, 0.2) is 18.3 Å². The summed E-state index contributed by atoms with van der Waals surface area (Å²) in [4.78, 5) is 6.71. The lowest BCUT2D eigenvalue weighted by atomic mass is 10.1. The lowest BCUT2D eigenvalue weighted by Crippen LogP contribution is -2.43. The van der Waals surface area contributed by atoms with E-state index in [1.807, 2.05) is 12.3 Å². The molecule has 1 rings (SSSR count). The predicted octanol–water partition coefficient (Wildman–Crippen LogP) is 3.25. The van der Waals surface area contributed by atoms with Crippen LogP contribution in [-0.2, 0) is 0 Å². The first-order chi connectivity index (χ1) is 9.90. The van der Waals surface area contributed by atoms with Crippen LogP contribution in [0.4, 0.5) is 0 Å². The van der Waals surface area contributed by atoms with Gasteiger partial charge in [-0.05, 0) is 59.5 Å². The Hall–Kier alpha value is -1.13. The van der Waals surface area contributed by atoms with Crippen molar-refractivity contribution in [1.29, 1.82) is 0 Å². The Morgan fingerprint density at radius 1 is 1.29 bits per heavy atom. The van der Waals surface area contributed by atoms with Gasteiger partial charge in [-0.25, -0.2) is 0 Å². The fraction of sp³-hybridized carbons (Fsp3) is 0.706. The smallest absolute Gasteiger partial charge is 0.137 e. The van der Waals surface area contributed by atoms with E-state index in [0.29, 0.717) is 12.6 Å². The molecule has 0 saturated heterocycles. The van der Waals surface area contributed by atoms with Gasteiger partial charge < -0.3 is 15.0 Å². The van der Waals surface area contributed by atoms with Crippen molar-refractivity contribution in [3.05, 3.63) is 24.0 Å². The largest absolute Gasteiger partial charge is 0.490 e. The molecule has 1 N–H and O–H groups in total. The zero-order valence-corrected chi connectivity index (χ0v) is 14.4. The van der Waals surface area contributed by atoms with Crippen LogP contribution < -0.4 is 10.1 Å². The predicted molar refractivity (Wildman–Crippen MR) is 88.8 cm³/mol. The van der Waals surface area contributed by atoms with Gasteiger partial charge in [0.1, 0.15) is 12.4 Å². The second-order valence-corrected chi connectivity index (χ2v) is 6.33. The first-order valence-corrected chi connectivity index (χ1v) is 7.90. The Bertz CT molecular complexity index is 401. The van der Waals surface area contributed by atoms with E-state index in [4.69, 9.17) is 4.74 Å². The molecule has 1 aromatic heterocycles. The molecule has 0 bridgehead atoms. The van der Waals surface area contributed by atoms with Gasteiger partial charge >= 0.3 is 0 Å². The molecule has 4 nitrogen and oxygen atoms in total. The summed E-state index contributed by atoms with van der Waals surface area (Å²) in [6.45, 7) is 10.4. The third-order valence-electron chi connectivity index (χ3n) is 3.97. The summed E-state index contributed by atoms with van der Waals surface area (Å²) in [7, 11) is 4.13. The van der Waals surface area contributed by atoms with E-state index >= 15 is 0 Å². The Labute approximate surface area is 129 Å². The monoisotopic (exact) mass is 293 g/mol. The van der Waals surface area contributed by atoms with Crippen molar-refractivity contribution in [1.82, 2.24) is 15.2 Å². The minimum Gasteiger partial charge on any atom is -0.490 e. The summed E-state index contributed by atoms with van der Waals surface area (Å²) in [5.74, 6) is 0.832. The summed E-state index contributed by atoms with van der Waals surface area (Å²) in [5.41, 5.74) is 1.10. The quantitative estimate of drug-likeness (QED) is 0.758. The Kier molecular flexibility index (Phi) is 7.12. The van der Waals surface area contributed by atoms with Gasteiger partial charge in [0, 0.05) is 11.6 Å². The minimum absolute atomic E-state index is 0.00725. The number of hydrogen-bond acceptors (Lipinski definition) is 4. The molecule has 0 spiro atoms. The maximum atomic E-state index is 5.86. The maximum absolute atomic E-state index is 5.86. The normalized spacial score (nSPS) is 13.5. The standard InChI is InChI=1S/C17H31N3O/c1-7-11-18-15(8-2)16-10-9-14(12-19-16)21-13-17(3,4)20(5)6/h9-10,12,15,18H,7-8,11,13H2,1-6H3. The first kappa shape index (κ1) is 17.9. The highest BCUT2D eigenvalue weighted by molar-refractivity contribution is 5.21. The molecule has 0 aliphatic rings. The van der Waals surface area contributed by atoms with E-state index in [0.717, 1.165) is 30.8 Å². The molecule has 0 saturated carbocycles. The zero-order chi connectivity index (χ0) is 15.9. The molecular formula is C17H31N3O. The molecule has 0 aliphatic carbocycles. The number of pyridine rings is 1. The average molecular weight is 293 g/mol. The third-order valence-corrected chi connectivity index (χ3v) is 3.97. The van der Waals surface area contributed by atoms with Gasteiger partial charge in [0.05, 0.1) is 11.9 Å². The molecule has 0 fully saturated rings. The van der Waals surface area contributed by atoms with Gasteiger partial charge in [0.2, 0.25) is 0 Å². The van der Waals surface area contributed by atoms with Crippen LogP contribution in [0.25, 0.3) is 0 Å². The number of ether oxygens (including phenoxy) is 1. The van der Waals surface area contributed by atoms with E-state index in [1.165, 1.54) is 0 Å². The van der Waals surface area contributed by atoms with E-state index in [9.17, 15) is 0 Å². The summed E-state index contributed by atoms with van der Waals surface area (Å²) < 4.78 is 5.86. The number of hydrogen-bond donors (Lipinski definition) is 1. The van der Waals surface area contributed by atoms with Gasteiger partial charge in [-0.1, -0.05) is 13.8 Å². The van der Waals surface area contributed by atoms with Crippen LogP contribution in [-0.4, -0.2) is 42.7 Å². The fourth-order valence-electron chi connectivity index (χ4n) is 1.85. The van der Waals surface area contributed by atoms with E-state index in [-0.39, 0.29) is 5.54 Å². The van der Waals surface area contributed by atoms with Gasteiger partial charge in [-0.2, -0.15) is 0 Å². The van der Waals surface area contributed by atoms with E-state index < -0.39 is 0 Å². The molecule has 120 valence electrons. The van der Waals surface area contributed by atoms with Gasteiger partial charge in [-0.3, -0.25) is 4.98 Å². The van der Waals surface area contributed by atoms with Crippen molar-refractivity contribution < 1.29 is 4.74 Å². The second-order valence-electron chi connectivity index (χ2n) is 6.33. The fourth-order valence-corrected chi connectivity index (χ4v) is 1.85. The SMILES string of the molecule is CCCNC(CC)c1ccc(OCC(C)(C)N(C)C)cn1. The first-order valence-electron chi connectivity index (χ1n) is 7.90. The Morgan fingerprint density at radius 3 is 2.48 bits per heavy atom. The van der Waals surface area contributed by atoms with Crippen LogP contribution in [0.1, 0.15) is 52.3 Å². The lowest BCUT2D eigenvalue weighted by Gasteiger charge is -2.32. The number of rotatable bonds is 9. The molecular weight excluding hydrogens is 262 g/mol. The highest BCUT2D eigenvalue weighted by Gasteiger charge is 2.21. The summed E-state index contributed by atoms with van der Waals surface area (Å²) in [6.07, 6.45) is 4.01. The maximum Gasteiger partial charge on any atom is 0.137 e. The molecule has 0 radical (unpaired) electrons. The molecule has 1 heterocycles.